The minimum absolute atomic E-state index is 0.246. The van der Waals surface area contributed by atoms with Gasteiger partial charge in [0.15, 0.2) is 0 Å². The molecule has 0 aromatic carbocycles. The highest BCUT2D eigenvalue weighted by Crippen LogP contribution is 2.12. The molecule has 0 atom stereocenters. The fourth-order valence-corrected chi connectivity index (χ4v) is 1.63. The van der Waals surface area contributed by atoms with Crippen LogP contribution in [0.2, 0.25) is 0 Å². The number of nitriles is 1. The number of hydrogen-bond donors (Lipinski definition) is 2. The molecule has 0 aliphatic rings. The smallest absolute Gasteiger partial charge is 0.257 e. The van der Waals surface area contributed by atoms with Crippen LogP contribution in [0.3, 0.4) is 0 Å². The molecule has 20 heavy (non-hydrogen) atoms. The minimum atomic E-state index is 0.246. The third-order valence-electron chi connectivity index (χ3n) is 2.61. The van der Waals surface area contributed by atoms with Crippen molar-refractivity contribution in [1.82, 2.24) is 24.7 Å². The Bertz CT molecular complexity index is 586. The number of hydrogen-bond acceptors (Lipinski definition) is 8. The molecular formula is C11H15N9. The van der Waals surface area contributed by atoms with Gasteiger partial charge in [-0.15, -0.1) is 0 Å². The number of nitrogens with zero attached hydrogens (tertiary/aromatic N) is 7. The van der Waals surface area contributed by atoms with Gasteiger partial charge in [0.25, 0.3) is 5.95 Å². The molecule has 0 saturated heterocycles. The van der Waals surface area contributed by atoms with Gasteiger partial charge in [-0.05, 0) is 13.0 Å². The summed E-state index contributed by atoms with van der Waals surface area (Å²) in [7, 11) is 0. The van der Waals surface area contributed by atoms with E-state index in [0.29, 0.717) is 31.4 Å². The molecule has 9 heteroatoms. The van der Waals surface area contributed by atoms with Crippen LogP contribution in [-0.2, 0) is 0 Å². The Hall–Kier alpha value is -2.73. The second-order valence-corrected chi connectivity index (χ2v) is 3.84. The molecule has 0 aliphatic heterocycles. The fourth-order valence-electron chi connectivity index (χ4n) is 1.63. The first-order chi connectivity index (χ1) is 9.78. The van der Waals surface area contributed by atoms with Gasteiger partial charge in [-0.25, -0.2) is 10.5 Å². The summed E-state index contributed by atoms with van der Waals surface area (Å²) >= 11 is 0. The molecule has 0 saturated carbocycles. The zero-order valence-corrected chi connectivity index (χ0v) is 11.1. The lowest BCUT2D eigenvalue weighted by molar-refractivity contribution is 0.750. The summed E-state index contributed by atoms with van der Waals surface area (Å²) in [4.78, 5) is 14.6. The molecule has 2 heterocycles. The largest absolute Gasteiger partial charge is 0.340 e. The molecule has 104 valence electrons. The van der Waals surface area contributed by atoms with Crippen LogP contribution in [0.4, 0.5) is 11.9 Å². The van der Waals surface area contributed by atoms with Crippen LogP contribution in [-0.4, -0.2) is 37.8 Å². The van der Waals surface area contributed by atoms with Crippen LogP contribution in [0.5, 0.6) is 0 Å². The monoisotopic (exact) mass is 273 g/mol. The van der Waals surface area contributed by atoms with Gasteiger partial charge in [0.1, 0.15) is 0 Å². The van der Waals surface area contributed by atoms with E-state index in [0.717, 1.165) is 0 Å². The molecule has 0 aliphatic carbocycles. The van der Waals surface area contributed by atoms with E-state index in [1.165, 1.54) is 4.68 Å². The Kier molecular flexibility index (Phi) is 4.41. The van der Waals surface area contributed by atoms with E-state index < -0.39 is 0 Å². The normalized spacial score (nSPS) is 10.1. The van der Waals surface area contributed by atoms with Crippen LogP contribution < -0.4 is 16.2 Å². The summed E-state index contributed by atoms with van der Waals surface area (Å²) in [6.07, 6.45) is 3.75. The highest BCUT2D eigenvalue weighted by molar-refractivity contribution is 5.39. The predicted molar refractivity (Wildman–Crippen MR) is 72.9 cm³/mol. The van der Waals surface area contributed by atoms with Crippen molar-refractivity contribution in [3.63, 3.8) is 0 Å². The topological polar surface area (TPSA) is 122 Å². The zero-order chi connectivity index (χ0) is 14.4. The number of nitrogens with one attached hydrogen (secondary N) is 1. The first-order valence-corrected chi connectivity index (χ1v) is 6.13. The Morgan fingerprint density at radius 3 is 2.90 bits per heavy atom. The molecule has 2 aromatic heterocycles. The second-order valence-electron chi connectivity index (χ2n) is 3.84. The number of nitrogens with two attached hydrogens (primary N) is 1. The minimum Gasteiger partial charge on any atom is -0.340 e. The molecule has 3 N–H and O–H groups in total. The van der Waals surface area contributed by atoms with E-state index in [2.05, 4.69) is 31.5 Å². The number of rotatable bonds is 6. The highest BCUT2D eigenvalue weighted by atomic mass is 15.4. The summed E-state index contributed by atoms with van der Waals surface area (Å²) in [5.41, 5.74) is 2.41. The summed E-state index contributed by atoms with van der Waals surface area (Å²) in [6.45, 7) is 3.18. The molecule has 0 fully saturated rings. The van der Waals surface area contributed by atoms with Gasteiger partial charge in [-0.2, -0.15) is 25.3 Å². The summed E-state index contributed by atoms with van der Waals surface area (Å²) < 4.78 is 1.52. The van der Waals surface area contributed by atoms with Gasteiger partial charge in [-0.3, -0.25) is 5.43 Å². The van der Waals surface area contributed by atoms with Crippen molar-refractivity contribution in [1.29, 1.82) is 5.26 Å². The highest BCUT2D eigenvalue weighted by Gasteiger charge is 2.13. The van der Waals surface area contributed by atoms with Crippen molar-refractivity contribution in [3.05, 3.63) is 18.5 Å². The third-order valence-corrected chi connectivity index (χ3v) is 2.61. The SMILES string of the molecule is CCN(CCC#N)c1nc(NN)nc(-n2cccn2)n1. The average Bonchev–Trinajstić information content (AvgIpc) is 3.02. The molecule has 0 unspecified atom stereocenters. The Morgan fingerprint density at radius 1 is 1.45 bits per heavy atom. The molecule has 0 amide bonds. The van der Waals surface area contributed by atoms with E-state index in [1.807, 2.05) is 11.8 Å². The molecule has 9 nitrogen and oxygen atoms in total. The van der Waals surface area contributed by atoms with E-state index in [1.54, 1.807) is 18.5 Å². The first-order valence-electron chi connectivity index (χ1n) is 6.13. The lowest BCUT2D eigenvalue weighted by Gasteiger charge is -2.20. The van der Waals surface area contributed by atoms with Crippen molar-refractivity contribution in [2.24, 2.45) is 5.84 Å². The second kappa shape index (κ2) is 6.44. The predicted octanol–water partition coefficient (Wildman–Crippen LogP) is 0.0829. The van der Waals surface area contributed by atoms with Gasteiger partial charge in [0, 0.05) is 25.5 Å². The van der Waals surface area contributed by atoms with Gasteiger partial charge in [0.2, 0.25) is 11.9 Å². The van der Waals surface area contributed by atoms with Crippen molar-refractivity contribution in [2.45, 2.75) is 13.3 Å². The summed E-state index contributed by atoms with van der Waals surface area (Å²) in [6, 6.07) is 3.87. The van der Waals surface area contributed by atoms with Crippen molar-refractivity contribution >= 4 is 11.9 Å². The van der Waals surface area contributed by atoms with Gasteiger partial charge < -0.3 is 4.90 Å². The van der Waals surface area contributed by atoms with E-state index >= 15 is 0 Å². The number of aromatic nitrogens is 5. The molecule has 0 bridgehead atoms. The average molecular weight is 273 g/mol. The number of anilines is 2. The zero-order valence-electron chi connectivity index (χ0n) is 11.1. The molecular weight excluding hydrogens is 258 g/mol. The molecule has 0 spiro atoms. The number of nitrogen functional groups attached to an aromatic ring is 1. The van der Waals surface area contributed by atoms with Crippen molar-refractivity contribution in [2.75, 3.05) is 23.4 Å². The maximum atomic E-state index is 8.69. The van der Waals surface area contributed by atoms with Crippen molar-refractivity contribution < 1.29 is 0 Å². The Morgan fingerprint density at radius 2 is 2.30 bits per heavy atom. The van der Waals surface area contributed by atoms with Gasteiger partial charge >= 0.3 is 0 Å². The molecule has 2 rings (SSSR count). The van der Waals surface area contributed by atoms with Crippen LogP contribution in [0.15, 0.2) is 18.5 Å². The quantitative estimate of drug-likeness (QED) is 0.560. The third kappa shape index (κ3) is 2.99. The van der Waals surface area contributed by atoms with Crippen LogP contribution >= 0.6 is 0 Å². The lowest BCUT2D eigenvalue weighted by Crippen LogP contribution is -2.27. The lowest BCUT2D eigenvalue weighted by atomic mass is 10.4. The summed E-state index contributed by atoms with van der Waals surface area (Å²) in [5.74, 6) is 6.44. The molecule has 2 aromatic rings. The maximum Gasteiger partial charge on any atom is 0.257 e. The molecule has 0 radical (unpaired) electrons. The standard InChI is InChI=1S/C11H15N9/c1-2-19(7-3-5-12)10-15-9(18-13)16-11(17-10)20-8-4-6-14-20/h4,6,8H,2-3,7,13H2,1H3,(H,15,16,17,18). The van der Waals surface area contributed by atoms with Crippen LogP contribution in [0.25, 0.3) is 5.95 Å². The Labute approximate surface area is 116 Å². The van der Waals surface area contributed by atoms with Crippen LogP contribution in [0.1, 0.15) is 13.3 Å². The van der Waals surface area contributed by atoms with Crippen molar-refractivity contribution in [3.8, 4) is 12.0 Å². The van der Waals surface area contributed by atoms with E-state index in [9.17, 15) is 0 Å². The first kappa shape index (κ1) is 13.7. The van der Waals surface area contributed by atoms with Gasteiger partial charge in [0.05, 0.1) is 12.5 Å². The summed E-state index contributed by atoms with van der Waals surface area (Å²) in [5, 5.41) is 12.8. The number of hydrazine groups is 1. The van der Waals surface area contributed by atoms with Crippen LogP contribution in [0, 0.1) is 11.3 Å². The maximum absolute atomic E-state index is 8.69. The van der Waals surface area contributed by atoms with E-state index in [4.69, 9.17) is 11.1 Å². The fraction of sp³-hybridized carbons (Fsp3) is 0.364. The Balaban J connectivity index is 2.37. The van der Waals surface area contributed by atoms with E-state index in [-0.39, 0.29) is 5.95 Å². The van der Waals surface area contributed by atoms with Gasteiger partial charge in [-0.1, -0.05) is 0 Å².